The molecule has 1 amide bonds. The number of ether oxygens (including phenoxy) is 3. The summed E-state index contributed by atoms with van der Waals surface area (Å²) in [6.07, 6.45) is 0. The second-order valence-electron chi connectivity index (χ2n) is 4.82. The molecule has 1 aliphatic heterocycles. The predicted octanol–water partition coefficient (Wildman–Crippen LogP) is 3.00. The van der Waals surface area contributed by atoms with Gasteiger partial charge in [0.1, 0.15) is 5.82 Å². The van der Waals surface area contributed by atoms with Crippen molar-refractivity contribution >= 4 is 29.2 Å². The van der Waals surface area contributed by atoms with Gasteiger partial charge in [-0.15, -0.1) is 0 Å². The van der Waals surface area contributed by atoms with Crippen LogP contribution in [0.25, 0.3) is 0 Å². The van der Waals surface area contributed by atoms with Crippen LogP contribution in [0, 0.1) is 5.82 Å². The third kappa shape index (κ3) is 3.57. The van der Waals surface area contributed by atoms with Crippen molar-refractivity contribution in [1.29, 1.82) is 0 Å². The molecule has 0 saturated carbocycles. The normalized spacial score (nSPS) is 11.9. The molecule has 2 aromatic carbocycles. The second-order valence-corrected chi connectivity index (χ2v) is 5.22. The average molecular weight is 352 g/mol. The summed E-state index contributed by atoms with van der Waals surface area (Å²) in [5.74, 6) is -0.833. The van der Waals surface area contributed by atoms with Crippen LogP contribution in [-0.2, 0) is 9.53 Å². The van der Waals surface area contributed by atoms with Gasteiger partial charge in [0.15, 0.2) is 18.1 Å². The van der Waals surface area contributed by atoms with E-state index < -0.39 is 24.3 Å². The van der Waals surface area contributed by atoms with Gasteiger partial charge in [-0.25, -0.2) is 9.18 Å². The van der Waals surface area contributed by atoms with Gasteiger partial charge in [0, 0.05) is 0 Å². The first kappa shape index (κ1) is 16.1. The van der Waals surface area contributed by atoms with Crippen LogP contribution in [0.1, 0.15) is 10.4 Å². The third-order valence-electron chi connectivity index (χ3n) is 3.15. The van der Waals surface area contributed by atoms with E-state index in [2.05, 4.69) is 5.32 Å². The molecule has 0 saturated heterocycles. The number of anilines is 1. The molecule has 124 valence electrons. The lowest BCUT2D eigenvalue weighted by Gasteiger charge is -2.08. The van der Waals surface area contributed by atoms with Gasteiger partial charge in [-0.3, -0.25) is 4.79 Å². The van der Waals surface area contributed by atoms with Crippen LogP contribution in [0.5, 0.6) is 11.5 Å². The first-order valence-electron chi connectivity index (χ1n) is 6.84. The number of nitrogens with one attached hydrogen (secondary N) is 1. The number of amides is 1. The number of benzene rings is 2. The van der Waals surface area contributed by atoms with E-state index in [-0.39, 0.29) is 23.1 Å². The van der Waals surface area contributed by atoms with E-state index in [9.17, 15) is 14.0 Å². The Morgan fingerprint density at radius 2 is 1.96 bits per heavy atom. The summed E-state index contributed by atoms with van der Waals surface area (Å²) in [5, 5.41) is 2.47. The van der Waals surface area contributed by atoms with E-state index in [1.807, 2.05) is 0 Å². The summed E-state index contributed by atoms with van der Waals surface area (Å²) in [5.41, 5.74) is 0.453. The molecule has 8 heteroatoms. The van der Waals surface area contributed by atoms with Crippen molar-refractivity contribution in [3.63, 3.8) is 0 Å². The number of hydrogen-bond donors (Lipinski definition) is 1. The van der Waals surface area contributed by atoms with Gasteiger partial charge in [-0.1, -0.05) is 11.6 Å². The van der Waals surface area contributed by atoms with Crippen molar-refractivity contribution in [1.82, 2.24) is 0 Å². The summed E-state index contributed by atoms with van der Waals surface area (Å²) >= 11 is 5.80. The monoisotopic (exact) mass is 351 g/mol. The summed E-state index contributed by atoms with van der Waals surface area (Å²) in [4.78, 5) is 23.7. The Balaban J connectivity index is 1.57. The van der Waals surface area contributed by atoms with E-state index in [1.54, 1.807) is 6.07 Å². The minimum Gasteiger partial charge on any atom is -0.454 e. The van der Waals surface area contributed by atoms with Gasteiger partial charge in [-0.2, -0.15) is 0 Å². The molecular formula is C16H11ClFNO5. The average Bonchev–Trinajstić information content (AvgIpc) is 3.03. The van der Waals surface area contributed by atoms with E-state index in [1.165, 1.54) is 18.2 Å². The number of carbonyl (C=O) groups excluding carboxylic acids is 2. The van der Waals surface area contributed by atoms with Crippen molar-refractivity contribution < 1.29 is 28.2 Å². The Labute approximate surface area is 141 Å². The van der Waals surface area contributed by atoms with Crippen LogP contribution in [0.15, 0.2) is 36.4 Å². The molecule has 0 spiro atoms. The zero-order valence-electron chi connectivity index (χ0n) is 12.2. The predicted molar refractivity (Wildman–Crippen MR) is 82.9 cm³/mol. The summed E-state index contributed by atoms with van der Waals surface area (Å²) in [7, 11) is 0. The van der Waals surface area contributed by atoms with Crippen LogP contribution in [0.3, 0.4) is 0 Å². The Kier molecular flexibility index (Phi) is 4.52. The van der Waals surface area contributed by atoms with Crippen molar-refractivity contribution in [3.05, 3.63) is 52.8 Å². The summed E-state index contributed by atoms with van der Waals surface area (Å²) < 4.78 is 28.2. The minimum atomic E-state index is -0.686. The molecule has 0 aliphatic carbocycles. The molecule has 0 unspecified atom stereocenters. The van der Waals surface area contributed by atoms with E-state index in [0.29, 0.717) is 11.5 Å². The molecule has 0 fully saturated rings. The van der Waals surface area contributed by atoms with Crippen LogP contribution < -0.4 is 14.8 Å². The molecule has 1 aliphatic rings. The Morgan fingerprint density at radius 3 is 2.75 bits per heavy atom. The third-order valence-corrected chi connectivity index (χ3v) is 3.46. The Bertz CT molecular complexity index is 811. The van der Waals surface area contributed by atoms with E-state index >= 15 is 0 Å². The highest BCUT2D eigenvalue weighted by molar-refractivity contribution is 6.33. The van der Waals surface area contributed by atoms with Gasteiger partial charge in [0.05, 0.1) is 16.3 Å². The van der Waals surface area contributed by atoms with Crippen LogP contribution in [0.4, 0.5) is 10.1 Å². The van der Waals surface area contributed by atoms with E-state index in [4.69, 9.17) is 25.8 Å². The highest BCUT2D eigenvalue weighted by Crippen LogP contribution is 2.32. The lowest BCUT2D eigenvalue weighted by Crippen LogP contribution is -2.21. The molecule has 0 aromatic heterocycles. The molecule has 1 N–H and O–H groups in total. The highest BCUT2D eigenvalue weighted by Gasteiger charge is 2.18. The van der Waals surface area contributed by atoms with E-state index in [0.717, 1.165) is 12.1 Å². The fraction of sp³-hybridized carbons (Fsp3) is 0.125. The standard InChI is InChI=1S/C16H11ClFNO5/c17-11-6-10(18)2-3-12(11)19-15(20)7-22-16(21)9-1-4-13-14(5-9)24-8-23-13/h1-6H,7-8H2,(H,19,20). The molecular weight excluding hydrogens is 341 g/mol. The fourth-order valence-electron chi connectivity index (χ4n) is 2.02. The zero-order chi connectivity index (χ0) is 17.1. The number of carbonyl (C=O) groups is 2. The first-order chi connectivity index (χ1) is 11.5. The lowest BCUT2D eigenvalue weighted by molar-refractivity contribution is -0.119. The fourth-order valence-corrected chi connectivity index (χ4v) is 2.23. The number of fused-ring (bicyclic) bond motifs is 1. The number of rotatable bonds is 4. The van der Waals surface area contributed by atoms with Crippen LogP contribution >= 0.6 is 11.6 Å². The van der Waals surface area contributed by atoms with Gasteiger partial charge < -0.3 is 19.5 Å². The van der Waals surface area contributed by atoms with Crippen molar-refractivity contribution in [2.75, 3.05) is 18.7 Å². The maximum Gasteiger partial charge on any atom is 0.338 e. The smallest absolute Gasteiger partial charge is 0.338 e. The zero-order valence-corrected chi connectivity index (χ0v) is 12.9. The van der Waals surface area contributed by atoms with Gasteiger partial charge in [0.25, 0.3) is 5.91 Å². The largest absolute Gasteiger partial charge is 0.454 e. The summed E-state index contributed by atoms with van der Waals surface area (Å²) in [6.45, 7) is -0.421. The SMILES string of the molecule is O=C(COC(=O)c1ccc2c(c1)OCO2)Nc1ccc(F)cc1Cl. The second kappa shape index (κ2) is 6.76. The van der Waals surface area contributed by atoms with Crippen molar-refractivity contribution in [2.45, 2.75) is 0 Å². The molecule has 0 atom stereocenters. The molecule has 1 heterocycles. The molecule has 6 nitrogen and oxygen atoms in total. The van der Waals surface area contributed by atoms with Gasteiger partial charge in [-0.05, 0) is 36.4 Å². The van der Waals surface area contributed by atoms with Crippen LogP contribution in [0.2, 0.25) is 5.02 Å². The van der Waals surface area contributed by atoms with Crippen LogP contribution in [-0.4, -0.2) is 25.3 Å². The highest BCUT2D eigenvalue weighted by atomic mass is 35.5. The maximum atomic E-state index is 12.9. The molecule has 0 bridgehead atoms. The maximum absolute atomic E-state index is 12.9. The van der Waals surface area contributed by atoms with Gasteiger partial charge >= 0.3 is 5.97 Å². The molecule has 24 heavy (non-hydrogen) atoms. The molecule has 0 radical (unpaired) electrons. The topological polar surface area (TPSA) is 73.9 Å². The molecule has 2 aromatic rings. The molecule has 3 rings (SSSR count). The first-order valence-corrected chi connectivity index (χ1v) is 7.22. The quantitative estimate of drug-likeness (QED) is 0.857. The van der Waals surface area contributed by atoms with Gasteiger partial charge in [0.2, 0.25) is 6.79 Å². The Hall–Kier alpha value is -2.80. The Morgan fingerprint density at radius 1 is 1.17 bits per heavy atom. The number of halogens is 2. The number of hydrogen-bond acceptors (Lipinski definition) is 5. The minimum absolute atomic E-state index is 0.0467. The lowest BCUT2D eigenvalue weighted by atomic mass is 10.2. The summed E-state index contributed by atoms with van der Waals surface area (Å²) in [6, 6.07) is 8.09. The van der Waals surface area contributed by atoms with Crippen molar-refractivity contribution in [2.24, 2.45) is 0 Å². The van der Waals surface area contributed by atoms with Crippen molar-refractivity contribution in [3.8, 4) is 11.5 Å². The number of esters is 1.